The molecular weight excluding hydrogens is 269 g/mol. The molecule has 0 aliphatic heterocycles. The number of hydrogen-bond donors (Lipinski definition) is 1. The molecule has 0 spiro atoms. The summed E-state index contributed by atoms with van der Waals surface area (Å²) in [7, 11) is 0. The number of alkyl halides is 3. The zero-order valence-corrected chi connectivity index (χ0v) is 11.3. The summed E-state index contributed by atoms with van der Waals surface area (Å²) in [6.07, 6.45) is -3.78. The molecule has 0 radical (unpaired) electrons. The summed E-state index contributed by atoms with van der Waals surface area (Å²) in [5.74, 6) is -0.185. The smallest absolute Gasteiger partial charge is 0.419 e. The van der Waals surface area contributed by atoms with Gasteiger partial charge in [-0.2, -0.15) is 18.4 Å². The predicted molar refractivity (Wildman–Crippen MR) is 69.2 cm³/mol. The molecule has 20 heavy (non-hydrogen) atoms. The minimum absolute atomic E-state index is 0.100. The highest BCUT2D eigenvalue weighted by atomic mass is 19.4. The Bertz CT molecular complexity index is 466. The van der Waals surface area contributed by atoms with Gasteiger partial charge >= 0.3 is 6.18 Å². The molecule has 0 fully saturated rings. The first kappa shape index (κ1) is 16.3. The Kier molecular flexibility index (Phi) is 6.32. The molecule has 0 heterocycles. The Morgan fingerprint density at radius 3 is 2.70 bits per heavy atom. The normalized spacial score (nSPS) is 11.2. The zero-order chi connectivity index (χ0) is 15.0. The van der Waals surface area contributed by atoms with E-state index in [1.165, 1.54) is 6.07 Å². The van der Waals surface area contributed by atoms with Crippen LogP contribution in [0.3, 0.4) is 0 Å². The van der Waals surface area contributed by atoms with Gasteiger partial charge in [0, 0.05) is 13.0 Å². The molecule has 1 aromatic rings. The third-order valence-corrected chi connectivity index (χ3v) is 2.62. The van der Waals surface area contributed by atoms with Crippen LogP contribution in [0.5, 0.6) is 5.75 Å². The third kappa shape index (κ3) is 5.10. The maximum atomic E-state index is 13.0. The summed E-state index contributed by atoms with van der Waals surface area (Å²) in [5.41, 5.74) is -0.214. The van der Waals surface area contributed by atoms with Crippen molar-refractivity contribution in [2.45, 2.75) is 32.5 Å². The van der Waals surface area contributed by atoms with Crippen molar-refractivity contribution in [1.29, 1.82) is 5.26 Å². The minimum atomic E-state index is -4.45. The quantitative estimate of drug-likeness (QED) is 0.780. The van der Waals surface area contributed by atoms with Crippen LogP contribution in [-0.4, -0.2) is 13.2 Å². The first-order valence-corrected chi connectivity index (χ1v) is 6.39. The van der Waals surface area contributed by atoms with Crippen LogP contribution in [0.25, 0.3) is 0 Å². The topological polar surface area (TPSA) is 45.0 Å². The van der Waals surface area contributed by atoms with Gasteiger partial charge in [0.25, 0.3) is 0 Å². The maximum Gasteiger partial charge on any atom is 0.419 e. The van der Waals surface area contributed by atoms with Crippen LogP contribution < -0.4 is 10.1 Å². The Labute approximate surface area is 116 Å². The second kappa shape index (κ2) is 7.75. The number of rotatable bonds is 7. The molecule has 6 heteroatoms. The number of benzene rings is 1. The lowest BCUT2D eigenvalue weighted by molar-refractivity contribution is -0.139. The van der Waals surface area contributed by atoms with Crippen LogP contribution in [0.15, 0.2) is 18.2 Å². The summed E-state index contributed by atoms with van der Waals surface area (Å²) in [4.78, 5) is 0. The van der Waals surface area contributed by atoms with Gasteiger partial charge in [0.2, 0.25) is 0 Å². The molecule has 0 unspecified atom stereocenters. The Balaban J connectivity index is 2.85. The number of nitrogens with one attached hydrogen (secondary N) is 1. The molecule has 1 rings (SSSR count). The molecular formula is C14H17F3N2O. The fourth-order valence-electron chi connectivity index (χ4n) is 1.64. The molecule has 0 saturated heterocycles. The monoisotopic (exact) mass is 286 g/mol. The van der Waals surface area contributed by atoms with Crippen molar-refractivity contribution < 1.29 is 17.9 Å². The minimum Gasteiger partial charge on any atom is -0.493 e. The highest BCUT2D eigenvalue weighted by molar-refractivity contribution is 5.39. The number of ether oxygens (including phenoxy) is 1. The zero-order valence-electron chi connectivity index (χ0n) is 11.3. The highest BCUT2D eigenvalue weighted by Gasteiger charge is 2.34. The molecule has 0 aliphatic carbocycles. The molecule has 1 N–H and O–H groups in total. The number of hydrogen-bond acceptors (Lipinski definition) is 3. The predicted octanol–water partition coefficient (Wildman–Crippen LogP) is 3.50. The molecule has 0 aromatic heterocycles. The number of nitriles is 1. The Morgan fingerprint density at radius 2 is 2.10 bits per heavy atom. The van der Waals surface area contributed by atoms with Gasteiger partial charge in [0.05, 0.1) is 18.2 Å². The SMILES string of the molecule is CCNCc1ccc(OCCCC#N)c(C(F)(F)F)c1. The van der Waals surface area contributed by atoms with Gasteiger partial charge in [-0.05, 0) is 30.7 Å². The average molecular weight is 286 g/mol. The molecule has 110 valence electrons. The lowest BCUT2D eigenvalue weighted by Crippen LogP contribution is -2.14. The van der Waals surface area contributed by atoms with Gasteiger partial charge in [-0.3, -0.25) is 0 Å². The van der Waals surface area contributed by atoms with E-state index in [2.05, 4.69) is 5.32 Å². The summed E-state index contributed by atoms with van der Waals surface area (Å²) in [6, 6.07) is 5.96. The Hall–Kier alpha value is -1.74. The molecule has 0 atom stereocenters. The average Bonchev–Trinajstić information content (AvgIpc) is 2.41. The van der Waals surface area contributed by atoms with Crippen molar-refractivity contribution in [2.75, 3.05) is 13.2 Å². The maximum absolute atomic E-state index is 13.0. The van der Waals surface area contributed by atoms with Crippen LogP contribution in [0.4, 0.5) is 13.2 Å². The molecule has 0 bridgehead atoms. The molecule has 0 saturated carbocycles. The van der Waals surface area contributed by atoms with Crippen molar-refractivity contribution in [2.24, 2.45) is 0 Å². The summed E-state index contributed by atoms with van der Waals surface area (Å²) < 4.78 is 44.1. The standard InChI is InChI=1S/C14H17F3N2O/c1-2-19-10-11-5-6-13(20-8-4-3-7-18)12(9-11)14(15,16)17/h5-6,9,19H,2-4,8,10H2,1H3. The second-order valence-corrected chi connectivity index (χ2v) is 4.22. The second-order valence-electron chi connectivity index (χ2n) is 4.22. The van der Waals surface area contributed by atoms with Crippen LogP contribution in [-0.2, 0) is 12.7 Å². The Morgan fingerprint density at radius 1 is 1.35 bits per heavy atom. The van der Waals surface area contributed by atoms with E-state index in [1.807, 2.05) is 13.0 Å². The first-order valence-electron chi connectivity index (χ1n) is 6.39. The van der Waals surface area contributed by atoms with E-state index in [1.54, 1.807) is 6.07 Å². The van der Waals surface area contributed by atoms with E-state index in [-0.39, 0.29) is 18.8 Å². The number of unbranched alkanes of at least 4 members (excludes halogenated alkanes) is 1. The molecule has 3 nitrogen and oxygen atoms in total. The molecule has 0 aliphatic rings. The van der Waals surface area contributed by atoms with E-state index in [4.69, 9.17) is 10.00 Å². The van der Waals surface area contributed by atoms with E-state index in [0.29, 0.717) is 25.1 Å². The van der Waals surface area contributed by atoms with Crippen molar-refractivity contribution in [3.05, 3.63) is 29.3 Å². The van der Waals surface area contributed by atoms with Gasteiger partial charge < -0.3 is 10.1 Å². The summed E-state index contributed by atoms with van der Waals surface area (Å²) in [6.45, 7) is 3.06. The van der Waals surface area contributed by atoms with E-state index in [9.17, 15) is 13.2 Å². The van der Waals surface area contributed by atoms with Gasteiger partial charge in [-0.1, -0.05) is 13.0 Å². The van der Waals surface area contributed by atoms with Crippen LogP contribution in [0, 0.1) is 11.3 Å². The molecule has 1 aromatic carbocycles. The first-order chi connectivity index (χ1) is 9.49. The van der Waals surface area contributed by atoms with Crippen LogP contribution in [0.2, 0.25) is 0 Å². The summed E-state index contributed by atoms with van der Waals surface area (Å²) in [5, 5.41) is 11.4. The van der Waals surface area contributed by atoms with Crippen molar-refractivity contribution >= 4 is 0 Å². The van der Waals surface area contributed by atoms with Crippen molar-refractivity contribution in [3.8, 4) is 11.8 Å². The molecule has 0 amide bonds. The van der Waals surface area contributed by atoms with E-state index in [0.717, 1.165) is 6.07 Å². The van der Waals surface area contributed by atoms with Crippen molar-refractivity contribution in [3.63, 3.8) is 0 Å². The van der Waals surface area contributed by atoms with Gasteiger partial charge in [0.1, 0.15) is 5.75 Å². The van der Waals surface area contributed by atoms with Gasteiger partial charge in [0.15, 0.2) is 0 Å². The van der Waals surface area contributed by atoms with Crippen molar-refractivity contribution in [1.82, 2.24) is 5.32 Å². The lowest BCUT2D eigenvalue weighted by atomic mass is 10.1. The fourth-order valence-corrected chi connectivity index (χ4v) is 1.64. The number of nitrogens with zero attached hydrogens (tertiary/aromatic N) is 1. The largest absolute Gasteiger partial charge is 0.493 e. The fraction of sp³-hybridized carbons (Fsp3) is 0.500. The lowest BCUT2D eigenvalue weighted by Gasteiger charge is -2.15. The number of halogens is 3. The van der Waals surface area contributed by atoms with Gasteiger partial charge in [-0.25, -0.2) is 0 Å². The van der Waals surface area contributed by atoms with E-state index >= 15 is 0 Å². The van der Waals surface area contributed by atoms with E-state index < -0.39 is 11.7 Å². The highest BCUT2D eigenvalue weighted by Crippen LogP contribution is 2.36. The summed E-state index contributed by atoms with van der Waals surface area (Å²) >= 11 is 0. The van der Waals surface area contributed by atoms with Crippen LogP contribution >= 0.6 is 0 Å². The third-order valence-electron chi connectivity index (χ3n) is 2.62. The van der Waals surface area contributed by atoms with Gasteiger partial charge in [-0.15, -0.1) is 0 Å². The van der Waals surface area contributed by atoms with Crippen LogP contribution in [0.1, 0.15) is 30.9 Å².